The third-order valence-electron chi connectivity index (χ3n) is 6.57. The number of carboxylic acid groups (broad SMARTS) is 1. The van der Waals surface area contributed by atoms with Crippen molar-refractivity contribution in [3.05, 3.63) is 24.3 Å². The number of rotatable bonds is 12. The van der Waals surface area contributed by atoms with E-state index in [0.29, 0.717) is 25.7 Å². The third-order valence-corrected chi connectivity index (χ3v) is 6.57. The molecular weight excluding hydrogens is 356 g/mol. The summed E-state index contributed by atoms with van der Waals surface area (Å²) in [6.07, 6.45) is 15.0. The molecule has 1 unspecified atom stereocenters. The van der Waals surface area contributed by atoms with Gasteiger partial charge in [-0.1, -0.05) is 44.1 Å². The number of Topliss-reactive ketones (excluding diaryl/α,β-unsaturated/α-hetero) is 1. The molecule has 0 heterocycles. The Morgan fingerprint density at radius 3 is 2.64 bits per heavy atom. The lowest BCUT2D eigenvalue weighted by Gasteiger charge is -2.45. The van der Waals surface area contributed by atoms with Gasteiger partial charge in [0.1, 0.15) is 5.78 Å². The highest BCUT2D eigenvalue weighted by Gasteiger charge is 2.42. The summed E-state index contributed by atoms with van der Waals surface area (Å²) < 4.78 is 0. The Morgan fingerprint density at radius 1 is 1.29 bits per heavy atom. The number of aliphatic hydroxyl groups excluding tert-OH is 2. The third kappa shape index (κ3) is 6.02. The summed E-state index contributed by atoms with van der Waals surface area (Å²) >= 11 is 0. The van der Waals surface area contributed by atoms with Gasteiger partial charge in [0, 0.05) is 24.7 Å². The van der Waals surface area contributed by atoms with Crippen molar-refractivity contribution in [2.24, 2.45) is 17.3 Å². The molecule has 0 radical (unpaired) electrons. The van der Waals surface area contributed by atoms with Crippen LogP contribution in [0, 0.1) is 17.3 Å². The Hall–Kier alpha value is -1.46. The van der Waals surface area contributed by atoms with Crippen molar-refractivity contribution in [3.63, 3.8) is 0 Å². The molecule has 28 heavy (non-hydrogen) atoms. The van der Waals surface area contributed by atoms with Crippen LogP contribution in [0.1, 0.15) is 77.6 Å². The van der Waals surface area contributed by atoms with Gasteiger partial charge < -0.3 is 15.3 Å². The van der Waals surface area contributed by atoms with E-state index in [2.05, 4.69) is 6.92 Å². The number of unbranched alkanes of at least 4 members (excludes halogenated alkanes) is 1. The van der Waals surface area contributed by atoms with Gasteiger partial charge in [-0.15, -0.1) is 0 Å². The lowest BCUT2D eigenvalue weighted by atomic mass is 9.62. The summed E-state index contributed by atoms with van der Waals surface area (Å²) in [5.41, 5.74) is 0.0707. The largest absolute Gasteiger partial charge is 0.481 e. The number of allylic oxidation sites excluding steroid dienone is 2. The minimum absolute atomic E-state index is 0.0707. The molecule has 0 saturated heterocycles. The second-order valence-corrected chi connectivity index (χ2v) is 8.56. The molecule has 2 rings (SSSR count). The van der Waals surface area contributed by atoms with E-state index in [1.807, 2.05) is 24.3 Å². The first-order valence-electron chi connectivity index (χ1n) is 10.8. The maximum Gasteiger partial charge on any atom is 0.303 e. The molecule has 2 fully saturated rings. The van der Waals surface area contributed by atoms with Crippen LogP contribution in [-0.2, 0) is 9.59 Å². The van der Waals surface area contributed by atoms with Crippen LogP contribution in [0.25, 0.3) is 0 Å². The SMILES string of the molecule is CCCC1(C(O)CC=C[C@H]2[C@H](O)CC(=O)[C@@H]2C/C=C\CCCC(=O)O)CCC1. The van der Waals surface area contributed by atoms with Gasteiger partial charge in [0.15, 0.2) is 0 Å². The van der Waals surface area contributed by atoms with Crippen LogP contribution in [0.4, 0.5) is 0 Å². The summed E-state index contributed by atoms with van der Waals surface area (Å²) in [5, 5.41) is 29.6. The molecule has 2 aliphatic carbocycles. The van der Waals surface area contributed by atoms with E-state index < -0.39 is 12.1 Å². The van der Waals surface area contributed by atoms with E-state index in [0.717, 1.165) is 25.7 Å². The molecule has 0 aliphatic heterocycles. The zero-order valence-corrected chi connectivity index (χ0v) is 17.1. The topological polar surface area (TPSA) is 94.8 Å². The Bertz CT molecular complexity index is 576. The summed E-state index contributed by atoms with van der Waals surface area (Å²) in [6, 6.07) is 0. The molecule has 0 amide bonds. The average molecular weight is 393 g/mol. The summed E-state index contributed by atoms with van der Waals surface area (Å²) in [4.78, 5) is 22.8. The quantitative estimate of drug-likeness (QED) is 0.344. The van der Waals surface area contributed by atoms with Crippen molar-refractivity contribution in [1.29, 1.82) is 0 Å². The zero-order chi connectivity index (χ0) is 20.6. The zero-order valence-electron chi connectivity index (χ0n) is 17.1. The Balaban J connectivity index is 1.85. The summed E-state index contributed by atoms with van der Waals surface area (Å²) in [6.45, 7) is 2.16. The highest BCUT2D eigenvalue weighted by atomic mass is 16.4. The van der Waals surface area contributed by atoms with Crippen LogP contribution < -0.4 is 0 Å². The lowest BCUT2D eigenvalue weighted by molar-refractivity contribution is -0.137. The molecule has 0 spiro atoms. The number of aliphatic hydroxyl groups is 2. The fourth-order valence-electron chi connectivity index (χ4n) is 4.75. The van der Waals surface area contributed by atoms with E-state index in [1.54, 1.807) is 0 Å². The van der Waals surface area contributed by atoms with Gasteiger partial charge in [-0.05, 0) is 50.4 Å². The van der Waals surface area contributed by atoms with Crippen LogP contribution in [0.3, 0.4) is 0 Å². The molecule has 0 aromatic rings. The van der Waals surface area contributed by atoms with Gasteiger partial charge >= 0.3 is 5.97 Å². The Morgan fingerprint density at radius 2 is 2.04 bits per heavy atom. The van der Waals surface area contributed by atoms with Gasteiger partial charge in [0.25, 0.3) is 0 Å². The van der Waals surface area contributed by atoms with Crippen LogP contribution in [0.2, 0.25) is 0 Å². The smallest absolute Gasteiger partial charge is 0.303 e. The summed E-state index contributed by atoms with van der Waals surface area (Å²) in [5.74, 6) is -1.14. The van der Waals surface area contributed by atoms with E-state index in [9.17, 15) is 19.8 Å². The molecule has 5 heteroatoms. The molecule has 0 aromatic heterocycles. The van der Waals surface area contributed by atoms with Gasteiger partial charge in [-0.25, -0.2) is 0 Å². The number of carboxylic acids is 1. The number of hydrogen-bond donors (Lipinski definition) is 3. The van der Waals surface area contributed by atoms with E-state index in [-0.39, 0.29) is 42.0 Å². The van der Waals surface area contributed by atoms with Gasteiger partial charge in [-0.2, -0.15) is 0 Å². The van der Waals surface area contributed by atoms with Gasteiger partial charge in [0.05, 0.1) is 12.2 Å². The van der Waals surface area contributed by atoms with Crippen LogP contribution in [0.15, 0.2) is 24.3 Å². The minimum Gasteiger partial charge on any atom is -0.481 e. The molecule has 2 aliphatic rings. The van der Waals surface area contributed by atoms with Gasteiger partial charge in [-0.3, -0.25) is 9.59 Å². The molecule has 158 valence electrons. The number of carbonyl (C=O) groups excluding carboxylic acids is 1. The first kappa shape index (κ1) is 22.8. The van der Waals surface area contributed by atoms with Crippen LogP contribution >= 0.6 is 0 Å². The van der Waals surface area contributed by atoms with Crippen molar-refractivity contribution in [2.75, 3.05) is 0 Å². The maximum absolute atomic E-state index is 12.2. The highest BCUT2D eigenvalue weighted by molar-refractivity contribution is 5.84. The number of hydrogen-bond acceptors (Lipinski definition) is 4. The number of aliphatic carboxylic acids is 1. The predicted molar refractivity (Wildman–Crippen MR) is 109 cm³/mol. The van der Waals surface area contributed by atoms with Crippen LogP contribution in [0.5, 0.6) is 0 Å². The van der Waals surface area contributed by atoms with E-state index in [1.165, 1.54) is 6.42 Å². The van der Waals surface area contributed by atoms with E-state index >= 15 is 0 Å². The molecule has 0 bridgehead atoms. The lowest BCUT2D eigenvalue weighted by Crippen LogP contribution is -2.41. The molecule has 2 saturated carbocycles. The fraction of sp³-hybridized carbons (Fsp3) is 0.739. The summed E-state index contributed by atoms with van der Waals surface area (Å²) in [7, 11) is 0. The van der Waals surface area contributed by atoms with Crippen molar-refractivity contribution in [2.45, 2.75) is 89.8 Å². The van der Waals surface area contributed by atoms with Crippen LogP contribution in [-0.4, -0.2) is 39.3 Å². The standard InChI is InChI=1S/C23H36O5/c1-2-13-23(14-8-15-23)21(26)11-7-10-18-17(19(24)16-20(18)25)9-5-3-4-6-12-22(27)28/h3,5,7,10,17-18,20-21,25-26H,2,4,6,8-9,11-16H2,1H3,(H,27,28)/b5-3-,10-7?/t17-,18-,20-,21?/m1/s1. The second-order valence-electron chi connectivity index (χ2n) is 8.56. The van der Waals surface area contributed by atoms with Crippen molar-refractivity contribution >= 4 is 11.8 Å². The highest BCUT2D eigenvalue weighted by Crippen LogP contribution is 2.48. The average Bonchev–Trinajstić information content (AvgIpc) is 2.87. The van der Waals surface area contributed by atoms with Crippen molar-refractivity contribution in [1.82, 2.24) is 0 Å². The molecule has 3 N–H and O–H groups in total. The first-order chi connectivity index (χ1) is 13.4. The Kier molecular flexibility index (Phi) is 8.90. The normalized spacial score (nSPS) is 28.1. The second kappa shape index (κ2) is 10.9. The Labute approximate surface area is 168 Å². The minimum atomic E-state index is -0.794. The number of carbonyl (C=O) groups is 2. The molecule has 4 atom stereocenters. The van der Waals surface area contributed by atoms with Crippen molar-refractivity contribution < 1.29 is 24.9 Å². The monoisotopic (exact) mass is 392 g/mol. The fourth-order valence-corrected chi connectivity index (χ4v) is 4.75. The van der Waals surface area contributed by atoms with Crippen molar-refractivity contribution in [3.8, 4) is 0 Å². The molecular formula is C23H36O5. The molecule has 0 aromatic carbocycles. The predicted octanol–water partition coefficient (Wildman–Crippen LogP) is 4.03. The van der Waals surface area contributed by atoms with Gasteiger partial charge in [0.2, 0.25) is 0 Å². The maximum atomic E-state index is 12.2. The number of ketones is 1. The first-order valence-corrected chi connectivity index (χ1v) is 10.8. The molecule has 5 nitrogen and oxygen atoms in total. The van der Waals surface area contributed by atoms with E-state index in [4.69, 9.17) is 5.11 Å².